The molecule has 4 aliphatic rings. The summed E-state index contributed by atoms with van der Waals surface area (Å²) in [4.78, 5) is 24.7. The normalized spacial score (nSPS) is 22.3. The Hall–Kier alpha value is -4.98. The highest BCUT2D eigenvalue weighted by Crippen LogP contribution is 2.54. The number of carboxylic acid groups (broad SMARTS) is 2. The van der Waals surface area contributed by atoms with Crippen molar-refractivity contribution in [2.45, 2.75) is 37.8 Å². The molecule has 4 aliphatic heterocycles. The molecule has 6 bridgehead atoms. The van der Waals surface area contributed by atoms with E-state index in [9.17, 15) is 19.8 Å². The van der Waals surface area contributed by atoms with Gasteiger partial charge in [-0.15, -0.1) is 0 Å². The zero-order valence-electron chi connectivity index (χ0n) is 32.4. The van der Waals surface area contributed by atoms with Crippen molar-refractivity contribution in [2.24, 2.45) is 0 Å². The maximum atomic E-state index is 12.5. The van der Waals surface area contributed by atoms with Crippen LogP contribution in [0.5, 0.6) is 46.0 Å². The Labute approximate surface area is 335 Å². The molecular formula is C43H47BrN2O10. The van der Waals surface area contributed by atoms with Crippen molar-refractivity contribution in [1.29, 1.82) is 0 Å². The molecule has 56 heavy (non-hydrogen) atoms. The standard InChI is InChI=1S/C43H47BrN2O10/c1-45(24-39(47)48)15-12-28-21-35(52-4)37-23-31(28)32(45)18-26-6-9-30(10-7-26)55-36-20-27(8-11-34(36)51-3)19-33-41-29(13-16-46(33,2)25-40(49)50)22-38(53-5)42(43(41)56-37)54-17-14-44/h6-11,20-23,32-33H,12-19,24-25H2,1-5H3. The number of halogens is 1. The number of carbonyl (C=O) groups excluding carboxylic acids is 2. The lowest BCUT2D eigenvalue weighted by atomic mass is 9.85. The van der Waals surface area contributed by atoms with Crippen molar-refractivity contribution < 1.29 is 57.2 Å². The summed E-state index contributed by atoms with van der Waals surface area (Å²) < 4.78 is 38.0. The second kappa shape index (κ2) is 15.9. The number of likely N-dealkylation sites (N-methyl/N-ethyl adjacent to an activating group) is 2. The van der Waals surface area contributed by atoms with Gasteiger partial charge in [0, 0.05) is 36.6 Å². The molecule has 0 saturated carbocycles. The number of benzene rings is 4. The highest BCUT2D eigenvalue weighted by molar-refractivity contribution is 9.09. The van der Waals surface area contributed by atoms with Crippen molar-refractivity contribution >= 4 is 27.9 Å². The number of aliphatic carboxylic acids is 2. The molecule has 0 radical (unpaired) electrons. The number of ether oxygens (including phenoxy) is 6. The largest absolute Gasteiger partial charge is 0.544 e. The summed E-state index contributed by atoms with van der Waals surface area (Å²) in [5.74, 6) is 1.52. The van der Waals surface area contributed by atoms with E-state index in [1.807, 2.05) is 74.8 Å². The first kappa shape index (κ1) is 39.3. The lowest BCUT2D eigenvalue weighted by Crippen LogP contribution is -2.56. The van der Waals surface area contributed by atoms with Gasteiger partial charge in [0.1, 0.15) is 30.9 Å². The Balaban J connectivity index is 1.53. The number of carboxylic acids is 2. The first-order chi connectivity index (χ1) is 26.9. The van der Waals surface area contributed by atoms with E-state index in [1.165, 1.54) is 0 Å². The molecule has 0 saturated heterocycles. The van der Waals surface area contributed by atoms with Crippen LogP contribution in [-0.2, 0) is 35.3 Å². The molecule has 0 fully saturated rings. The zero-order valence-corrected chi connectivity index (χ0v) is 33.9. The van der Waals surface area contributed by atoms with E-state index in [4.69, 9.17) is 28.4 Å². The van der Waals surface area contributed by atoms with Gasteiger partial charge in [-0.25, -0.2) is 0 Å². The number of hydrogen-bond donors (Lipinski definition) is 0. The smallest absolute Gasteiger partial charge is 0.204 e. The number of fused-ring (bicyclic) bond motifs is 2. The fourth-order valence-corrected chi connectivity index (χ4v) is 8.97. The maximum absolute atomic E-state index is 12.5. The van der Waals surface area contributed by atoms with E-state index in [-0.39, 0.29) is 28.1 Å². The molecule has 0 aliphatic carbocycles. The summed E-state index contributed by atoms with van der Waals surface area (Å²) >= 11 is 3.50. The highest BCUT2D eigenvalue weighted by Gasteiger charge is 2.45. The molecule has 0 aromatic heterocycles. The van der Waals surface area contributed by atoms with Gasteiger partial charge in [-0.1, -0.05) is 34.1 Å². The minimum Gasteiger partial charge on any atom is -0.544 e. The zero-order chi connectivity index (χ0) is 39.8. The molecule has 4 atom stereocenters. The van der Waals surface area contributed by atoms with E-state index in [1.54, 1.807) is 21.3 Å². The van der Waals surface area contributed by atoms with Crippen LogP contribution in [0.15, 0.2) is 60.7 Å². The molecule has 4 unspecified atom stereocenters. The van der Waals surface area contributed by atoms with Crippen molar-refractivity contribution in [2.75, 3.05) is 73.5 Å². The van der Waals surface area contributed by atoms with Gasteiger partial charge in [0.15, 0.2) is 34.5 Å². The molecule has 4 aromatic carbocycles. The number of quaternary nitrogens is 2. The summed E-state index contributed by atoms with van der Waals surface area (Å²) in [5, 5.41) is 25.3. The van der Waals surface area contributed by atoms with E-state index in [0.717, 1.165) is 33.4 Å². The Morgan fingerprint density at radius 1 is 0.732 bits per heavy atom. The van der Waals surface area contributed by atoms with Crippen LogP contribution in [0.1, 0.15) is 45.5 Å². The summed E-state index contributed by atoms with van der Waals surface area (Å²) in [6.45, 7) is 0.977. The Morgan fingerprint density at radius 2 is 1.32 bits per heavy atom. The fourth-order valence-electron chi connectivity index (χ4n) is 8.80. The minimum atomic E-state index is -1.16. The Morgan fingerprint density at radius 3 is 1.96 bits per heavy atom. The topological polar surface area (TPSA) is 136 Å². The number of methoxy groups -OCH3 is 3. The number of alkyl halides is 1. The number of nitrogens with zero attached hydrogens (tertiary/aromatic N) is 2. The van der Waals surface area contributed by atoms with Crippen molar-refractivity contribution in [3.63, 3.8) is 0 Å². The lowest BCUT2D eigenvalue weighted by Gasteiger charge is -2.47. The van der Waals surface area contributed by atoms with Gasteiger partial charge in [0.25, 0.3) is 0 Å². The van der Waals surface area contributed by atoms with Crippen molar-refractivity contribution in [3.05, 3.63) is 94.0 Å². The van der Waals surface area contributed by atoms with Crippen molar-refractivity contribution in [3.8, 4) is 46.0 Å². The van der Waals surface area contributed by atoms with Crippen LogP contribution in [0.4, 0.5) is 0 Å². The second-order valence-corrected chi connectivity index (χ2v) is 16.1. The van der Waals surface area contributed by atoms with E-state index < -0.39 is 18.0 Å². The predicted molar refractivity (Wildman–Crippen MR) is 207 cm³/mol. The van der Waals surface area contributed by atoms with Crippen LogP contribution < -0.4 is 38.6 Å². The maximum Gasteiger partial charge on any atom is 0.204 e. The van der Waals surface area contributed by atoms with Gasteiger partial charge < -0.3 is 57.2 Å². The number of rotatable bonds is 10. The molecule has 4 aromatic rings. The van der Waals surface area contributed by atoms with Gasteiger partial charge in [-0.05, 0) is 64.7 Å². The van der Waals surface area contributed by atoms with Crippen LogP contribution in [0, 0.1) is 0 Å². The van der Waals surface area contributed by atoms with E-state index in [2.05, 4.69) is 15.9 Å². The van der Waals surface area contributed by atoms with Gasteiger partial charge in [0.05, 0.1) is 72.6 Å². The molecule has 13 heteroatoms. The van der Waals surface area contributed by atoms with Gasteiger partial charge in [0.2, 0.25) is 5.75 Å². The highest BCUT2D eigenvalue weighted by atomic mass is 79.9. The lowest BCUT2D eigenvalue weighted by molar-refractivity contribution is -0.936. The molecule has 0 N–H and O–H groups in total. The second-order valence-electron chi connectivity index (χ2n) is 15.3. The van der Waals surface area contributed by atoms with Crippen molar-refractivity contribution in [1.82, 2.24) is 0 Å². The van der Waals surface area contributed by atoms with Crippen LogP contribution in [-0.4, -0.2) is 94.4 Å². The van der Waals surface area contributed by atoms with E-state index >= 15 is 0 Å². The summed E-state index contributed by atoms with van der Waals surface area (Å²) in [7, 11) is 8.66. The first-order valence-electron chi connectivity index (χ1n) is 18.7. The van der Waals surface area contributed by atoms with Crippen LogP contribution >= 0.6 is 15.9 Å². The molecule has 296 valence electrons. The summed E-state index contributed by atoms with van der Waals surface area (Å²) in [6.07, 6.45) is 2.08. The minimum absolute atomic E-state index is 0.127. The Bertz CT molecular complexity index is 2140. The third kappa shape index (κ3) is 7.59. The SMILES string of the molecule is COc1ccc2cc1Oc1ccc(cc1)CC1c3cc(c(OC)cc3CC[N+]1(C)CC(=O)[O-])Oc1c(OCCBr)c(OC)cc3c1C(C2)[N+](C)(CC(=O)[O-])CC3. The molecular weight excluding hydrogens is 784 g/mol. The molecule has 4 heterocycles. The first-order valence-corrected chi connectivity index (χ1v) is 19.8. The summed E-state index contributed by atoms with van der Waals surface area (Å²) in [5.41, 5.74) is 5.59. The average Bonchev–Trinajstić information content (AvgIpc) is 3.16. The molecule has 12 nitrogen and oxygen atoms in total. The van der Waals surface area contributed by atoms with Gasteiger partial charge in [-0.2, -0.15) is 0 Å². The molecule has 0 amide bonds. The van der Waals surface area contributed by atoms with Crippen LogP contribution in [0.3, 0.4) is 0 Å². The monoisotopic (exact) mass is 830 g/mol. The molecule has 0 spiro atoms. The summed E-state index contributed by atoms with van der Waals surface area (Å²) in [6, 6.07) is 18.7. The van der Waals surface area contributed by atoms with E-state index in [0.29, 0.717) is 96.7 Å². The fraction of sp³-hybridized carbons (Fsp3) is 0.395. The van der Waals surface area contributed by atoms with Crippen LogP contribution in [0.25, 0.3) is 0 Å². The Kier molecular flexibility index (Phi) is 11.1. The quantitative estimate of drug-likeness (QED) is 0.167. The average molecular weight is 832 g/mol. The third-order valence-corrected chi connectivity index (χ3v) is 12.0. The molecule has 8 rings (SSSR count). The number of carbonyl (C=O) groups is 2. The third-order valence-electron chi connectivity index (χ3n) is 11.7. The number of hydrogen-bond acceptors (Lipinski definition) is 10. The van der Waals surface area contributed by atoms with Gasteiger partial charge >= 0.3 is 0 Å². The van der Waals surface area contributed by atoms with Crippen LogP contribution in [0.2, 0.25) is 0 Å². The predicted octanol–water partition coefficient (Wildman–Crippen LogP) is 4.46. The van der Waals surface area contributed by atoms with Gasteiger partial charge in [-0.3, -0.25) is 0 Å².